The third-order valence-electron chi connectivity index (χ3n) is 3.38. The molecule has 16 heavy (non-hydrogen) atoms. The first-order chi connectivity index (χ1) is 7.75. The van der Waals surface area contributed by atoms with E-state index < -0.39 is 0 Å². The average molecular weight is 218 g/mol. The Morgan fingerprint density at radius 3 is 2.44 bits per heavy atom. The minimum absolute atomic E-state index is 0.581. The summed E-state index contributed by atoms with van der Waals surface area (Å²) >= 11 is 0. The Hall–Kier alpha value is -0.860. The molecule has 2 nitrogen and oxygen atoms in total. The molecular formula is C14H22N2. The van der Waals surface area contributed by atoms with Crippen molar-refractivity contribution >= 4 is 0 Å². The second-order valence-corrected chi connectivity index (χ2v) is 5.05. The molecule has 0 bridgehead atoms. The lowest BCUT2D eigenvalue weighted by atomic mass is 9.98. The second kappa shape index (κ2) is 5.46. The van der Waals surface area contributed by atoms with Gasteiger partial charge in [-0.25, -0.2) is 0 Å². The number of rotatable bonds is 3. The van der Waals surface area contributed by atoms with Gasteiger partial charge >= 0.3 is 0 Å². The summed E-state index contributed by atoms with van der Waals surface area (Å²) in [6.07, 6.45) is 1.12. The van der Waals surface area contributed by atoms with Gasteiger partial charge in [0.1, 0.15) is 0 Å². The number of nitrogens with one attached hydrogen (secondary N) is 2. The summed E-state index contributed by atoms with van der Waals surface area (Å²) in [4.78, 5) is 0. The van der Waals surface area contributed by atoms with Gasteiger partial charge < -0.3 is 10.6 Å². The van der Waals surface area contributed by atoms with E-state index in [0.29, 0.717) is 18.0 Å². The molecule has 1 aromatic rings. The topological polar surface area (TPSA) is 24.1 Å². The van der Waals surface area contributed by atoms with Crippen LogP contribution in [0.1, 0.15) is 19.4 Å². The van der Waals surface area contributed by atoms with Crippen molar-refractivity contribution in [3.8, 4) is 0 Å². The van der Waals surface area contributed by atoms with E-state index in [-0.39, 0.29) is 0 Å². The standard InChI is InChI=1S/C14H22N2/c1-11(2)14-10-15-13(9-16-14)8-12-6-4-3-5-7-12/h3-7,11,13-16H,8-10H2,1-2H3. The SMILES string of the molecule is CC(C)C1CNC(Cc2ccccc2)CN1. The molecule has 2 atom stereocenters. The van der Waals surface area contributed by atoms with Crippen LogP contribution in [0.3, 0.4) is 0 Å². The van der Waals surface area contributed by atoms with Crippen LogP contribution in [0.25, 0.3) is 0 Å². The molecule has 2 unspecified atom stereocenters. The van der Waals surface area contributed by atoms with E-state index in [1.165, 1.54) is 5.56 Å². The lowest BCUT2D eigenvalue weighted by molar-refractivity contribution is 0.293. The molecule has 0 aliphatic carbocycles. The Morgan fingerprint density at radius 2 is 1.88 bits per heavy atom. The van der Waals surface area contributed by atoms with Gasteiger partial charge in [-0.05, 0) is 17.9 Å². The van der Waals surface area contributed by atoms with Crippen molar-refractivity contribution in [1.29, 1.82) is 0 Å². The zero-order valence-electron chi connectivity index (χ0n) is 10.2. The highest BCUT2D eigenvalue weighted by atomic mass is 15.1. The maximum atomic E-state index is 3.64. The molecule has 0 spiro atoms. The highest BCUT2D eigenvalue weighted by molar-refractivity contribution is 5.16. The first-order valence-corrected chi connectivity index (χ1v) is 6.26. The lowest BCUT2D eigenvalue weighted by Crippen LogP contribution is -2.56. The number of hydrogen-bond donors (Lipinski definition) is 2. The van der Waals surface area contributed by atoms with Crippen LogP contribution < -0.4 is 10.6 Å². The predicted octanol–water partition coefficient (Wildman–Crippen LogP) is 1.82. The fourth-order valence-electron chi connectivity index (χ4n) is 2.25. The van der Waals surface area contributed by atoms with Gasteiger partial charge in [-0.2, -0.15) is 0 Å². The molecule has 0 saturated carbocycles. The smallest absolute Gasteiger partial charge is 0.0233 e. The normalized spacial score (nSPS) is 25.9. The zero-order valence-corrected chi connectivity index (χ0v) is 10.2. The van der Waals surface area contributed by atoms with Crippen LogP contribution in [0.4, 0.5) is 0 Å². The summed E-state index contributed by atoms with van der Waals surface area (Å²) < 4.78 is 0. The van der Waals surface area contributed by atoms with E-state index in [4.69, 9.17) is 0 Å². The maximum absolute atomic E-state index is 3.64. The maximum Gasteiger partial charge on any atom is 0.0233 e. The molecule has 2 N–H and O–H groups in total. The molecule has 1 heterocycles. The molecule has 1 aliphatic heterocycles. The van der Waals surface area contributed by atoms with Crippen molar-refractivity contribution in [3.05, 3.63) is 35.9 Å². The summed E-state index contributed by atoms with van der Waals surface area (Å²) in [5, 5.41) is 7.26. The summed E-state index contributed by atoms with van der Waals surface area (Å²) in [5.74, 6) is 0.713. The fraction of sp³-hybridized carbons (Fsp3) is 0.571. The van der Waals surface area contributed by atoms with Gasteiger partial charge in [-0.15, -0.1) is 0 Å². The van der Waals surface area contributed by atoms with E-state index in [2.05, 4.69) is 54.8 Å². The third-order valence-corrected chi connectivity index (χ3v) is 3.38. The van der Waals surface area contributed by atoms with Gasteiger partial charge in [0.05, 0.1) is 0 Å². The molecule has 1 saturated heterocycles. The van der Waals surface area contributed by atoms with Crippen molar-refractivity contribution in [2.45, 2.75) is 32.4 Å². The molecule has 1 aliphatic rings. The molecule has 1 aromatic carbocycles. The summed E-state index contributed by atoms with van der Waals surface area (Å²) in [7, 11) is 0. The molecule has 2 heteroatoms. The monoisotopic (exact) mass is 218 g/mol. The van der Waals surface area contributed by atoms with E-state index in [0.717, 1.165) is 19.5 Å². The molecule has 0 aromatic heterocycles. The fourth-order valence-corrected chi connectivity index (χ4v) is 2.25. The summed E-state index contributed by atoms with van der Waals surface area (Å²) in [5.41, 5.74) is 1.42. The zero-order chi connectivity index (χ0) is 11.4. The summed E-state index contributed by atoms with van der Waals surface area (Å²) in [6.45, 7) is 6.72. The molecule has 0 amide bonds. The number of hydrogen-bond acceptors (Lipinski definition) is 2. The first-order valence-electron chi connectivity index (χ1n) is 6.26. The Kier molecular flexibility index (Phi) is 3.97. The van der Waals surface area contributed by atoms with Gasteiger partial charge in [0.2, 0.25) is 0 Å². The number of benzene rings is 1. The van der Waals surface area contributed by atoms with Gasteiger partial charge in [-0.3, -0.25) is 0 Å². The van der Waals surface area contributed by atoms with Gasteiger partial charge in [0.15, 0.2) is 0 Å². The van der Waals surface area contributed by atoms with Crippen LogP contribution in [0.5, 0.6) is 0 Å². The van der Waals surface area contributed by atoms with Crippen molar-refractivity contribution in [2.75, 3.05) is 13.1 Å². The van der Waals surface area contributed by atoms with Crippen molar-refractivity contribution in [3.63, 3.8) is 0 Å². The molecule has 88 valence electrons. The quantitative estimate of drug-likeness (QED) is 0.808. The predicted molar refractivity (Wildman–Crippen MR) is 68.6 cm³/mol. The Balaban J connectivity index is 1.82. The first kappa shape index (κ1) is 11.6. The minimum Gasteiger partial charge on any atom is -0.311 e. The van der Waals surface area contributed by atoms with Gasteiger partial charge in [0, 0.05) is 25.2 Å². The highest BCUT2D eigenvalue weighted by Crippen LogP contribution is 2.08. The van der Waals surface area contributed by atoms with Crippen LogP contribution in [0, 0.1) is 5.92 Å². The largest absolute Gasteiger partial charge is 0.311 e. The van der Waals surface area contributed by atoms with Crippen LogP contribution in [-0.4, -0.2) is 25.2 Å². The number of piperazine rings is 1. The van der Waals surface area contributed by atoms with Crippen LogP contribution in [-0.2, 0) is 6.42 Å². The van der Waals surface area contributed by atoms with E-state index in [1.807, 2.05) is 0 Å². The van der Waals surface area contributed by atoms with Crippen LogP contribution in [0.15, 0.2) is 30.3 Å². The molecule has 1 fully saturated rings. The highest BCUT2D eigenvalue weighted by Gasteiger charge is 2.21. The van der Waals surface area contributed by atoms with Crippen LogP contribution >= 0.6 is 0 Å². The van der Waals surface area contributed by atoms with Crippen molar-refractivity contribution in [2.24, 2.45) is 5.92 Å². The van der Waals surface area contributed by atoms with Crippen LogP contribution in [0.2, 0.25) is 0 Å². The lowest BCUT2D eigenvalue weighted by Gasteiger charge is -2.33. The summed E-state index contributed by atoms with van der Waals surface area (Å²) in [6, 6.07) is 11.9. The minimum atomic E-state index is 0.581. The Morgan fingerprint density at radius 1 is 1.12 bits per heavy atom. The van der Waals surface area contributed by atoms with Gasteiger partial charge in [-0.1, -0.05) is 44.2 Å². The van der Waals surface area contributed by atoms with Crippen molar-refractivity contribution < 1.29 is 0 Å². The Bertz CT molecular complexity index is 300. The van der Waals surface area contributed by atoms with E-state index in [9.17, 15) is 0 Å². The van der Waals surface area contributed by atoms with Gasteiger partial charge in [0.25, 0.3) is 0 Å². The average Bonchev–Trinajstić information content (AvgIpc) is 2.31. The van der Waals surface area contributed by atoms with E-state index in [1.54, 1.807) is 0 Å². The molecule has 2 rings (SSSR count). The van der Waals surface area contributed by atoms with E-state index >= 15 is 0 Å². The Labute approximate surface area is 98.4 Å². The molecular weight excluding hydrogens is 196 g/mol. The van der Waals surface area contributed by atoms with Crippen molar-refractivity contribution in [1.82, 2.24) is 10.6 Å². The second-order valence-electron chi connectivity index (χ2n) is 5.05. The molecule has 0 radical (unpaired) electrons. The third kappa shape index (κ3) is 3.06.